The van der Waals surface area contributed by atoms with Gasteiger partial charge in [-0.05, 0) is 25.0 Å². The number of rotatable bonds is 5. The summed E-state index contributed by atoms with van der Waals surface area (Å²) < 4.78 is 13.6. The Morgan fingerprint density at radius 1 is 1.30 bits per heavy atom. The normalized spacial score (nSPS) is 14.2. The molecule has 2 N–H and O–H groups in total. The van der Waals surface area contributed by atoms with Crippen molar-refractivity contribution >= 4 is 22.6 Å². The highest BCUT2D eigenvalue weighted by atomic mass is 19.1. The molecule has 5 nitrogen and oxygen atoms in total. The van der Waals surface area contributed by atoms with Crippen LogP contribution in [0.1, 0.15) is 12.8 Å². The number of halogens is 1. The molecule has 1 aliphatic carbocycles. The maximum Gasteiger partial charge on any atom is 0.223 e. The minimum absolute atomic E-state index is 0.116. The predicted octanol–water partition coefficient (Wildman–Crippen LogP) is 1.71. The van der Waals surface area contributed by atoms with Crippen LogP contribution in [0.15, 0.2) is 24.5 Å². The highest BCUT2D eigenvalue weighted by Crippen LogP contribution is 2.28. The van der Waals surface area contributed by atoms with Crippen LogP contribution in [0.3, 0.4) is 0 Å². The molecule has 1 aliphatic rings. The summed E-state index contributed by atoms with van der Waals surface area (Å²) >= 11 is 0. The summed E-state index contributed by atoms with van der Waals surface area (Å²) in [6, 6.07) is 4.76. The second kappa shape index (κ2) is 5.40. The molecular formula is C14H15FN4O. The summed E-state index contributed by atoms with van der Waals surface area (Å²) in [5.74, 6) is 0.541. The van der Waals surface area contributed by atoms with Gasteiger partial charge in [0.15, 0.2) is 0 Å². The average molecular weight is 274 g/mol. The monoisotopic (exact) mass is 274 g/mol. The number of benzene rings is 1. The van der Waals surface area contributed by atoms with Crippen molar-refractivity contribution in [3.05, 3.63) is 30.3 Å². The summed E-state index contributed by atoms with van der Waals surface area (Å²) in [5, 5.41) is 6.59. The third-order valence-corrected chi connectivity index (χ3v) is 3.28. The third-order valence-electron chi connectivity index (χ3n) is 3.28. The number of anilines is 1. The van der Waals surface area contributed by atoms with Crippen molar-refractivity contribution in [2.45, 2.75) is 12.8 Å². The number of aromatic nitrogens is 2. The molecule has 0 radical (unpaired) electrons. The van der Waals surface area contributed by atoms with Gasteiger partial charge >= 0.3 is 0 Å². The van der Waals surface area contributed by atoms with Gasteiger partial charge in [0.1, 0.15) is 23.5 Å². The molecule has 1 aromatic carbocycles. The van der Waals surface area contributed by atoms with Crippen LogP contribution in [-0.4, -0.2) is 29.0 Å². The largest absolute Gasteiger partial charge is 0.368 e. The standard InChI is InChI=1S/C14H15FN4O/c15-11-3-1-2-10-12(11)18-8-19-13(10)16-6-7-17-14(20)9-4-5-9/h1-3,8-9H,4-7H2,(H,17,20)(H,16,18,19). The molecule has 0 spiro atoms. The van der Waals surface area contributed by atoms with Crippen LogP contribution in [0.4, 0.5) is 10.2 Å². The number of hydrogen-bond acceptors (Lipinski definition) is 4. The predicted molar refractivity (Wildman–Crippen MR) is 73.7 cm³/mol. The molecule has 2 aromatic rings. The first-order valence-electron chi connectivity index (χ1n) is 6.66. The minimum Gasteiger partial charge on any atom is -0.368 e. The van der Waals surface area contributed by atoms with E-state index in [1.807, 2.05) is 0 Å². The lowest BCUT2D eigenvalue weighted by Crippen LogP contribution is -2.30. The van der Waals surface area contributed by atoms with Crippen LogP contribution < -0.4 is 10.6 Å². The summed E-state index contributed by atoms with van der Waals surface area (Å²) in [6.07, 6.45) is 3.32. The lowest BCUT2D eigenvalue weighted by Gasteiger charge is -2.09. The van der Waals surface area contributed by atoms with Crippen LogP contribution in [-0.2, 0) is 4.79 Å². The molecule has 20 heavy (non-hydrogen) atoms. The summed E-state index contributed by atoms with van der Waals surface area (Å²) in [4.78, 5) is 19.5. The molecule has 1 fully saturated rings. The Labute approximate surface area is 115 Å². The molecular weight excluding hydrogens is 259 g/mol. The highest BCUT2D eigenvalue weighted by Gasteiger charge is 2.28. The molecule has 3 rings (SSSR count). The summed E-state index contributed by atoms with van der Waals surface area (Å²) in [6.45, 7) is 1.07. The number of hydrogen-bond donors (Lipinski definition) is 2. The van der Waals surface area contributed by atoms with Gasteiger partial charge in [0, 0.05) is 24.4 Å². The fourth-order valence-corrected chi connectivity index (χ4v) is 2.05. The number of carbonyl (C=O) groups excluding carboxylic acids is 1. The number of para-hydroxylation sites is 1. The van der Waals surface area contributed by atoms with E-state index < -0.39 is 0 Å². The van der Waals surface area contributed by atoms with Crippen LogP contribution in [0.25, 0.3) is 10.9 Å². The van der Waals surface area contributed by atoms with Crippen molar-refractivity contribution in [1.29, 1.82) is 0 Å². The van der Waals surface area contributed by atoms with Crippen molar-refractivity contribution < 1.29 is 9.18 Å². The smallest absolute Gasteiger partial charge is 0.223 e. The van der Waals surface area contributed by atoms with Crippen LogP contribution >= 0.6 is 0 Å². The van der Waals surface area contributed by atoms with E-state index in [2.05, 4.69) is 20.6 Å². The molecule has 6 heteroatoms. The molecule has 104 valence electrons. The molecule has 0 saturated heterocycles. The summed E-state index contributed by atoms with van der Waals surface area (Å²) in [5.41, 5.74) is 0.298. The Kier molecular flexibility index (Phi) is 3.45. The summed E-state index contributed by atoms with van der Waals surface area (Å²) in [7, 11) is 0. The van der Waals surface area contributed by atoms with E-state index in [0.717, 1.165) is 12.8 Å². The molecule has 1 heterocycles. The Bertz CT molecular complexity index is 642. The molecule has 0 aliphatic heterocycles. The fraction of sp³-hybridized carbons (Fsp3) is 0.357. The minimum atomic E-state index is -0.366. The zero-order valence-electron chi connectivity index (χ0n) is 10.9. The van der Waals surface area contributed by atoms with E-state index >= 15 is 0 Å². The van der Waals surface area contributed by atoms with Gasteiger partial charge in [0.2, 0.25) is 5.91 Å². The SMILES string of the molecule is O=C(NCCNc1ncnc2c(F)cccc12)C1CC1. The second-order valence-electron chi connectivity index (χ2n) is 4.85. The zero-order chi connectivity index (χ0) is 13.9. The number of nitrogens with one attached hydrogen (secondary N) is 2. The van der Waals surface area contributed by atoms with Crippen molar-refractivity contribution in [1.82, 2.24) is 15.3 Å². The third kappa shape index (κ3) is 2.68. The Hall–Kier alpha value is -2.24. The van der Waals surface area contributed by atoms with Crippen molar-refractivity contribution in [3.8, 4) is 0 Å². The van der Waals surface area contributed by atoms with E-state index in [1.165, 1.54) is 12.4 Å². The van der Waals surface area contributed by atoms with Crippen molar-refractivity contribution in [2.24, 2.45) is 5.92 Å². The number of carbonyl (C=O) groups is 1. The van der Waals surface area contributed by atoms with Crippen molar-refractivity contribution in [3.63, 3.8) is 0 Å². The lowest BCUT2D eigenvalue weighted by molar-refractivity contribution is -0.122. The number of fused-ring (bicyclic) bond motifs is 1. The number of amides is 1. The Balaban J connectivity index is 1.62. The maximum absolute atomic E-state index is 13.6. The first kappa shape index (κ1) is 12.8. The Morgan fingerprint density at radius 2 is 2.15 bits per heavy atom. The van der Waals surface area contributed by atoms with Gasteiger partial charge < -0.3 is 10.6 Å². The average Bonchev–Trinajstić information content (AvgIpc) is 3.29. The van der Waals surface area contributed by atoms with Gasteiger partial charge in [0.25, 0.3) is 0 Å². The topological polar surface area (TPSA) is 66.9 Å². The van der Waals surface area contributed by atoms with Crippen LogP contribution in [0.5, 0.6) is 0 Å². The highest BCUT2D eigenvalue weighted by molar-refractivity contribution is 5.89. The first-order chi connectivity index (χ1) is 9.75. The van der Waals surface area contributed by atoms with Gasteiger partial charge in [-0.15, -0.1) is 0 Å². The van der Waals surface area contributed by atoms with Gasteiger partial charge in [0.05, 0.1) is 0 Å². The molecule has 1 saturated carbocycles. The van der Waals surface area contributed by atoms with Gasteiger partial charge in [-0.3, -0.25) is 4.79 Å². The Morgan fingerprint density at radius 3 is 2.95 bits per heavy atom. The first-order valence-corrected chi connectivity index (χ1v) is 6.66. The van der Waals surface area contributed by atoms with E-state index in [4.69, 9.17) is 0 Å². The molecule has 1 aromatic heterocycles. The number of nitrogens with zero attached hydrogens (tertiary/aromatic N) is 2. The van der Waals surface area contributed by atoms with E-state index in [9.17, 15) is 9.18 Å². The fourth-order valence-electron chi connectivity index (χ4n) is 2.05. The molecule has 0 atom stereocenters. The quantitative estimate of drug-likeness (QED) is 0.814. The van der Waals surface area contributed by atoms with Crippen molar-refractivity contribution in [2.75, 3.05) is 18.4 Å². The molecule has 0 unspecified atom stereocenters. The van der Waals surface area contributed by atoms with E-state index in [0.29, 0.717) is 29.8 Å². The second-order valence-corrected chi connectivity index (χ2v) is 4.85. The van der Waals surface area contributed by atoms with Crippen LogP contribution in [0, 0.1) is 11.7 Å². The van der Waals surface area contributed by atoms with Gasteiger partial charge in [-0.2, -0.15) is 0 Å². The van der Waals surface area contributed by atoms with Gasteiger partial charge in [-0.1, -0.05) is 6.07 Å². The molecule has 0 bridgehead atoms. The zero-order valence-corrected chi connectivity index (χ0v) is 10.9. The lowest BCUT2D eigenvalue weighted by atomic mass is 10.2. The van der Waals surface area contributed by atoms with E-state index in [-0.39, 0.29) is 17.6 Å². The van der Waals surface area contributed by atoms with Gasteiger partial charge in [-0.25, -0.2) is 14.4 Å². The van der Waals surface area contributed by atoms with E-state index in [1.54, 1.807) is 12.1 Å². The van der Waals surface area contributed by atoms with Crippen LogP contribution in [0.2, 0.25) is 0 Å². The maximum atomic E-state index is 13.6. The molecule has 1 amide bonds.